The number of alkyl halides is 3. The maximum atomic E-state index is 13.3. The zero-order valence-corrected chi connectivity index (χ0v) is 14.9. The van der Waals surface area contributed by atoms with Crippen LogP contribution in [0.4, 0.5) is 18.9 Å². The summed E-state index contributed by atoms with van der Waals surface area (Å²) in [5.41, 5.74) is -4.24. The molecule has 2 unspecified atom stereocenters. The van der Waals surface area contributed by atoms with Crippen molar-refractivity contribution in [2.24, 2.45) is 17.8 Å². The Bertz CT molecular complexity index is 1010. The standard InChI is InChI=1S/C19H14F3N3O3/c1-17-6-10(8-24)18(2,28-17)14-13(17)15(26)25(16(14)27)11-4-3-9(7-23)12(5-11)19(20,21)22/h3-5,10,13-14H,6H2,1-2H3/t10-,13+,14-,17?,18?/m0/s1. The predicted octanol–water partition coefficient (Wildman–Crippen LogP) is 2.77. The molecule has 6 nitrogen and oxygen atoms in total. The van der Waals surface area contributed by atoms with Gasteiger partial charge in [0.2, 0.25) is 11.8 Å². The lowest BCUT2D eigenvalue weighted by atomic mass is 9.64. The second kappa shape index (κ2) is 5.33. The van der Waals surface area contributed by atoms with Crippen LogP contribution in [-0.4, -0.2) is 23.0 Å². The summed E-state index contributed by atoms with van der Waals surface area (Å²) in [5, 5.41) is 18.3. The number of hydrogen-bond donors (Lipinski definition) is 0. The first-order valence-corrected chi connectivity index (χ1v) is 8.57. The molecule has 5 atom stereocenters. The molecule has 1 aromatic rings. The highest BCUT2D eigenvalue weighted by Gasteiger charge is 2.76. The van der Waals surface area contributed by atoms with Gasteiger partial charge in [-0.05, 0) is 38.5 Å². The second-order valence-corrected chi connectivity index (χ2v) is 7.79. The van der Waals surface area contributed by atoms with E-state index in [2.05, 4.69) is 6.07 Å². The molecule has 0 saturated carbocycles. The molecule has 0 radical (unpaired) electrons. The molecule has 3 saturated heterocycles. The first-order chi connectivity index (χ1) is 13.0. The highest BCUT2D eigenvalue weighted by Crippen LogP contribution is 2.63. The topological polar surface area (TPSA) is 94.2 Å². The van der Waals surface area contributed by atoms with Crippen molar-refractivity contribution in [3.63, 3.8) is 0 Å². The van der Waals surface area contributed by atoms with Crippen LogP contribution in [0.1, 0.15) is 31.4 Å². The van der Waals surface area contributed by atoms with Gasteiger partial charge < -0.3 is 4.74 Å². The summed E-state index contributed by atoms with van der Waals surface area (Å²) in [6, 6.07) is 6.32. The maximum absolute atomic E-state index is 13.3. The zero-order chi connectivity index (χ0) is 20.6. The fourth-order valence-electron chi connectivity index (χ4n) is 4.99. The zero-order valence-electron chi connectivity index (χ0n) is 14.9. The third-order valence-electron chi connectivity index (χ3n) is 6.18. The van der Waals surface area contributed by atoms with Gasteiger partial charge in [-0.15, -0.1) is 0 Å². The summed E-state index contributed by atoms with van der Waals surface area (Å²) in [6.45, 7) is 3.26. The minimum atomic E-state index is -4.81. The molecule has 2 amide bonds. The van der Waals surface area contributed by atoms with E-state index in [0.717, 1.165) is 17.0 Å². The van der Waals surface area contributed by atoms with Crippen LogP contribution in [0.25, 0.3) is 0 Å². The summed E-state index contributed by atoms with van der Waals surface area (Å²) < 4.78 is 45.8. The average Bonchev–Trinajstić information content (AvgIpc) is 3.14. The lowest BCUT2D eigenvalue weighted by molar-refractivity contribution is -0.138. The van der Waals surface area contributed by atoms with Gasteiger partial charge in [0.05, 0.1) is 57.9 Å². The molecule has 0 aromatic heterocycles. The molecule has 3 fully saturated rings. The van der Waals surface area contributed by atoms with Crippen molar-refractivity contribution >= 4 is 17.5 Å². The molecular formula is C19H14F3N3O3. The highest BCUT2D eigenvalue weighted by atomic mass is 19.4. The van der Waals surface area contributed by atoms with E-state index in [9.17, 15) is 28.0 Å². The monoisotopic (exact) mass is 389 g/mol. The summed E-state index contributed by atoms with van der Waals surface area (Å²) in [6.07, 6.45) is -4.54. The van der Waals surface area contributed by atoms with Gasteiger partial charge in [-0.1, -0.05) is 0 Å². The van der Waals surface area contributed by atoms with Crippen LogP contribution < -0.4 is 4.90 Å². The van der Waals surface area contributed by atoms with Crippen molar-refractivity contribution in [2.75, 3.05) is 4.90 Å². The quantitative estimate of drug-likeness (QED) is 0.689. The highest BCUT2D eigenvalue weighted by molar-refractivity contribution is 6.23. The minimum absolute atomic E-state index is 0.240. The Labute approximate surface area is 158 Å². The minimum Gasteiger partial charge on any atom is -0.366 e. The number of hydrogen-bond acceptors (Lipinski definition) is 5. The number of amides is 2. The molecule has 0 spiro atoms. The van der Waals surface area contributed by atoms with Crippen LogP contribution in [0.15, 0.2) is 18.2 Å². The number of nitrogens with zero attached hydrogens (tertiary/aromatic N) is 3. The van der Waals surface area contributed by atoms with Crippen LogP contribution in [0.5, 0.6) is 0 Å². The second-order valence-electron chi connectivity index (χ2n) is 7.79. The number of nitriles is 2. The van der Waals surface area contributed by atoms with Gasteiger partial charge in [-0.3, -0.25) is 9.59 Å². The fraction of sp³-hybridized carbons (Fsp3) is 0.474. The van der Waals surface area contributed by atoms with Crippen molar-refractivity contribution in [1.82, 2.24) is 0 Å². The number of halogens is 3. The Morgan fingerprint density at radius 1 is 1.18 bits per heavy atom. The molecule has 4 rings (SSSR count). The van der Waals surface area contributed by atoms with E-state index in [1.54, 1.807) is 13.8 Å². The Balaban J connectivity index is 1.81. The molecule has 28 heavy (non-hydrogen) atoms. The number of imide groups is 1. The SMILES string of the molecule is CC12C[C@@H](C#N)C(C)(O1)[C@@H]1C(=O)N(c3ccc(C#N)c(C(F)(F)F)c3)C(=O)[C@@H]12. The van der Waals surface area contributed by atoms with E-state index in [1.165, 1.54) is 6.07 Å². The van der Waals surface area contributed by atoms with Crippen LogP contribution in [0, 0.1) is 40.4 Å². The fourth-order valence-corrected chi connectivity index (χ4v) is 4.99. The molecule has 3 aliphatic rings. The van der Waals surface area contributed by atoms with E-state index >= 15 is 0 Å². The maximum Gasteiger partial charge on any atom is 0.417 e. The number of fused-ring (bicyclic) bond motifs is 5. The van der Waals surface area contributed by atoms with Crippen molar-refractivity contribution in [2.45, 2.75) is 37.6 Å². The van der Waals surface area contributed by atoms with Crippen molar-refractivity contribution in [1.29, 1.82) is 10.5 Å². The normalized spacial score (nSPS) is 36.4. The van der Waals surface area contributed by atoms with Gasteiger partial charge in [-0.25, -0.2) is 4.90 Å². The van der Waals surface area contributed by atoms with Gasteiger partial charge in [0.25, 0.3) is 0 Å². The Morgan fingerprint density at radius 2 is 1.82 bits per heavy atom. The van der Waals surface area contributed by atoms with Crippen LogP contribution in [-0.2, 0) is 20.5 Å². The van der Waals surface area contributed by atoms with Gasteiger partial charge in [0, 0.05) is 0 Å². The van der Waals surface area contributed by atoms with Crippen molar-refractivity contribution < 1.29 is 27.5 Å². The Morgan fingerprint density at radius 3 is 2.39 bits per heavy atom. The summed E-state index contributed by atoms with van der Waals surface area (Å²) >= 11 is 0. The van der Waals surface area contributed by atoms with Gasteiger partial charge in [0.15, 0.2) is 0 Å². The summed E-state index contributed by atoms with van der Waals surface area (Å²) in [5.74, 6) is -3.72. The first-order valence-electron chi connectivity index (χ1n) is 8.57. The van der Waals surface area contributed by atoms with Crippen molar-refractivity contribution in [3.05, 3.63) is 29.3 Å². The molecule has 3 heterocycles. The summed E-state index contributed by atoms with van der Waals surface area (Å²) in [4.78, 5) is 26.9. The third-order valence-corrected chi connectivity index (χ3v) is 6.18. The van der Waals surface area contributed by atoms with E-state index < -0.39 is 58.1 Å². The largest absolute Gasteiger partial charge is 0.417 e. The van der Waals surface area contributed by atoms with E-state index in [-0.39, 0.29) is 12.1 Å². The molecule has 0 aliphatic carbocycles. The number of ether oxygens (including phenoxy) is 1. The van der Waals surface area contributed by atoms with Crippen LogP contribution >= 0.6 is 0 Å². The number of carbonyl (C=O) groups excluding carboxylic acids is 2. The Hall–Kier alpha value is -2.91. The van der Waals surface area contributed by atoms with E-state index in [4.69, 9.17) is 10.00 Å². The van der Waals surface area contributed by atoms with Crippen molar-refractivity contribution in [3.8, 4) is 12.1 Å². The summed E-state index contributed by atoms with van der Waals surface area (Å²) in [7, 11) is 0. The van der Waals surface area contributed by atoms with E-state index in [0.29, 0.717) is 6.07 Å². The molecule has 0 N–H and O–H groups in total. The number of anilines is 1. The number of carbonyl (C=O) groups is 2. The molecule has 1 aromatic carbocycles. The van der Waals surface area contributed by atoms with Gasteiger partial charge in [-0.2, -0.15) is 23.7 Å². The number of benzene rings is 1. The predicted molar refractivity (Wildman–Crippen MR) is 87.2 cm³/mol. The lowest BCUT2D eigenvalue weighted by Crippen LogP contribution is -2.45. The van der Waals surface area contributed by atoms with Crippen LogP contribution in [0.2, 0.25) is 0 Å². The molecule has 144 valence electrons. The molecule has 9 heteroatoms. The van der Waals surface area contributed by atoms with Crippen LogP contribution in [0.3, 0.4) is 0 Å². The smallest absolute Gasteiger partial charge is 0.366 e. The number of rotatable bonds is 1. The lowest BCUT2D eigenvalue weighted by Gasteiger charge is -2.31. The molecule has 3 aliphatic heterocycles. The first kappa shape index (κ1) is 18.5. The molecular weight excluding hydrogens is 375 g/mol. The third kappa shape index (κ3) is 2.11. The van der Waals surface area contributed by atoms with Gasteiger partial charge >= 0.3 is 6.18 Å². The average molecular weight is 389 g/mol. The Kier molecular flexibility index (Phi) is 3.51. The van der Waals surface area contributed by atoms with Gasteiger partial charge in [0.1, 0.15) is 0 Å². The molecule has 2 bridgehead atoms. The van der Waals surface area contributed by atoms with E-state index in [1.807, 2.05) is 0 Å².